The largest absolute Gasteiger partial charge is 0.480 e. The zero-order valence-electron chi connectivity index (χ0n) is 10.2. The maximum atomic E-state index is 12.2. The number of carboxylic acid groups (broad SMARTS) is 1. The molecule has 0 aliphatic rings. The van der Waals surface area contributed by atoms with Crippen molar-refractivity contribution < 1.29 is 28.2 Å². The van der Waals surface area contributed by atoms with Gasteiger partial charge in [-0.25, -0.2) is 0 Å². The number of ether oxygens (including phenoxy) is 1. The van der Waals surface area contributed by atoms with Crippen LogP contribution in [0.4, 0.5) is 8.78 Å². The predicted octanol–water partition coefficient (Wildman–Crippen LogP) is 1.37. The normalized spacial score (nSPS) is 10.3. The second-order valence-corrected chi connectivity index (χ2v) is 3.81. The summed E-state index contributed by atoms with van der Waals surface area (Å²) in [4.78, 5) is 23.2. The standard InChI is InChI=1S/C12H13F2NO4/c1-15(7-11(17)18)10(16)6-8-4-2-3-5-9(8)19-12(13)14/h2-5,12H,6-7H2,1H3,(H,17,18). The van der Waals surface area contributed by atoms with Gasteiger partial charge in [0.25, 0.3) is 0 Å². The van der Waals surface area contributed by atoms with E-state index in [1.807, 2.05) is 0 Å². The summed E-state index contributed by atoms with van der Waals surface area (Å²) in [7, 11) is 1.33. The van der Waals surface area contributed by atoms with Crippen LogP contribution >= 0.6 is 0 Å². The highest BCUT2D eigenvalue weighted by atomic mass is 19.3. The highest BCUT2D eigenvalue weighted by molar-refractivity contribution is 5.83. The first-order chi connectivity index (χ1) is 8.90. The number of carbonyl (C=O) groups excluding carboxylic acids is 1. The lowest BCUT2D eigenvalue weighted by atomic mass is 10.1. The van der Waals surface area contributed by atoms with Gasteiger partial charge in [0.15, 0.2) is 0 Å². The Hall–Kier alpha value is -2.18. The van der Waals surface area contributed by atoms with Gasteiger partial charge in [0.2, 0.25) is 5.91 Å². The van der Waals surface area contributed by atoms with Crippen molar-refractivity contribution in [3.8, 4) is 5.75 Å². The molecule has 0 aliphatic heterocycles. The van der Waals surface area contributed by atoms with Crippen LogP contribution in [0.2, 0.25) is 0 Å². The molecule has 0 unspecified atom stereocenters. The van der Waals surface area contributed by atoms with Gasteiger partial charge in [-0.15, -0.1) is 0 Å². The molecular formula is C12H13F2NO4. The van der Waals surface area contributed by atoms with Crippen LogP contribution in [0, 0.1) is 0 Å². The van der Waals surface area contributed by atoms with E-state index in [4.69, 9.17) is 5.11 Å². The number of hydrogen-bond acceptors (Lipinski definition) is 3. The van der Waals surface area contributed by atoms with Crippen molar-refractivity contribution in [2.45, 2.75) is 13.0 Å². The first-order valence-electron chi connectivity index (χ1n) is 5.38. The topological polar surface area (TPSA) is 66.8 Å². The Kier molecular flexibility index (Phi) is 5.23. The first-order valence-corrected chi connectivity index (χ1v) is 5.38. The number of benzene rings is 1. The van der Waals surface area contributed by atoms with Crippen molar-refractivity contribution in [2.24, 2.45) is 0 Å². The average Bonchev–Trinajstić information content (AvgIpc) is 2.30. The molecule has 7 heteroatoms. The van der Waals surface area contributed by atoms with Crippen LogP contribution < -0.4 is 4.74 Å². The summed E-state index contributed by atoms with van der Waals surface area (Å²) in [5, 5.41) is 8.55. The van der Waals surface area contributed by atoms with Crippen LogP contribution in [0.5, 0.6) is 5.75 Å². The zero-order chi connectivity index (χ0) is 14.4. The summed E-state index contributed by atoms with van der Waals surface area (Å²) in [6.07, 6.45) is -0.202. The number of amides is 1. The van der Waals surface area contributed by atoms with E-state index in [2.05, 4.69) is 4.74 Å². The third-order valence-corrected chi connectivity index (χ3v) is 2.33. The molecule has 0 spiro atoms. The highest BCUT2D eigenvalue weighted by Crippen LogP contribution is 2.21. The lowest BCUT2D eigenvalue weighted by molar-refractivity contribution is -0.143. The van der Waals surface area contributed by atoms with E-state index in [9.17, 15) is 18.4 Å². The van der Waals surface area contributed by atoms with Crippen LogP contribution in [0.15, 0.2) is 24.3 Å². The number of carboxylic acids is 1. The summed E-state index contributed by atoms with van der Waals surface area (Å²) in [6.45, 7) is -3.43. The quantitative estimate of drug-likeness (QED) is 0.850. The Balaban J connectivity index is 2.76. The fourth-order valence-corrected chi connectivity index (χ4v) is 1.45. The van der Waals surface area contributed by atoms with Gasteiger partial charge in [0, 0.05) is 12.6 Å². The third-order valence-electron chi connectivity index (χ3n) is 2.33. The summed E-state index contributed by atoms with van der Waals surface area (Å²) in [5.41, 5.74) is 0.282. The minimum absolute atomic E-state index is 0.0884. The first kappa shape index (κ1) is 14.9. The van der Waals surface area contributed by atoms with Crippen LogP contribution in [0.25, 0.3) is 0 Å². The molecule has 1 amide bonds. The Morgan fingerprint density at radius 3 is 2.58 bits per heavy atom. The van der Waals surface area contributed by atoms with Gasteiger partial charge in [0.05, 0.1) is 6.42 Å². The molecule has 0 saturated carbocycles. The van der Waals surface area contributed by atoms with Crippen molar-refractivity contribution in [1.82, 2.24) is 4.90 Å². The maximum absolute atomic E-state index is 12.2. The zero-order valence-corrected chi connectivity index (χ0v) is 10.2. The van der Waals surface area contributed by atoms with Crippen molar-refractivity contribution in [1.29, 1.82) is 0 Å². The Morgan fingerprint density at radius 1 is 1.37 bits per heavy atom. The Bertz CT molecular complexity index is 465. The van der Waals surface area contributed by atoms with Gasteiger partial charge >= 0.3 is 12.6 Å². The van der Waals surface area contributed by atoms with E-state index in [1.54, 1.807) is 6.07 Å². The van der Waals surface area contributed by atoms with Gasteiger partial charge in [-0.3, -0.25) is 9.59 Å². The van der Waals surface area contributed by atoms with Crippen LogP contribution in [-0.4, -0.2) is 42.1 Å². The van der Waals surface area contributed by atoms with Crippen molar-refractivity contribution in [3.05, 3.63) is 29.8 Å². The number of nitrogens with zero attached hydrogens (tertiary/aromatic N) is 1. The van der Waals surface area contributed by atoms with Crippen molar-refractivity contribution in [2.75, 3.05) is 13.6 Å². The second kappa shape index (κ2) is 6.67. The SMILES string of the molecule is CN(CC(=O)O)C(=O)Cc1ccccc1OC(F)F. The minimum Gasteiger partial charge on any atom is -0.480 e. The van der Waals surface area contributed by atoms with E-state index in [1.165, 1.54) is 25.2 Å². The summed E-state index contributed by atoms with van der Waals surface area (Å²) in [6, 6.07) is 5.89. The molecule has 5 nitrogen and oxygen atoms in total. The summed E-state index contributed by atoms with van der Waals surface area (Å²) < 4.78 is 28.6. The molecule has 1 aromatic rings. The molecule has 1 rings (SSSR count). The van der Waals surface area contributed by atoms with Crippen molar-refractivity contribution >= 4 is 11.9 Å². The number of alkyl halides is 2. The number of hydrogen-bond donors (Lipinski definition) is 1. The van der Waals surface area contributed by atoms with E-state index in [0.717, 1.165) is 4.90 Å². The monoisotopic (exact) mass is 273 g/mol. The fraction of sp³-hybridized carbons (Fsp3) is 0.333. The molecule has 104 valence electrons. The lowest BCUT2D eigenvalue weighted by Crippen LogP contribution is -2.33. The number of carbonyl (C=O) groups is 2. The molecule has 0 fully saturated rings. The Labute approximate surface area is 108 Å². The number of para-hydroxylation sites is 1. The number of halogens is 2. The molecule has 0 heterocycles. The molecule has 0 aromatic heterocycles. The number of likely N-dealkylation sites (N-methyl/N-ethyl adjacent to an activating group) is 1. The Morgan fingerprint density at radius 2 is 2.00 bits per heavy atom. The van der Waals surface area contributed by atoms with Gasteiger partial charge < -0.3 is 14.7 Å². The van der Waals surface area contributed by atoms with Gasteiger partial charge in [-0.1, -0.05) is 18.2 Å². The second-order valence-electron chi connectivity index (χ2n) is 3.81. The van der Waals surface area contributed by atoms with Crippen LogP contribution in [0.3, 0.4) is 0 Å². The summed E-state index contributed by atoms with van der Waals surface area (Å²) in [5.74, 6) is -1.73. The molecule has 0 aliphatic carbocycles. The number of aliphatic carboxylic acids is 1. The fourth-order valence-electron chi connectivity index (χ4n) is 1.45. The van der Waals surface area contributed by atoms with E-state index in [-0.39, 0.29) is 17.7 Å². The van der Waals surface area contributed by atoms with Gasteiger partial charge in [-0.05, 0) is 6.07 Å². The third kappa shape index (κ3) is 4.90. The van der Waals surface area contributed by atoms with Crippen LogP contribution in [-0.2, 0) is 16.0 Å². The smallest absolute Gasteiger partial charge is 0.387 e. The molecular weight excluding hydrogens is 260 g/mol. The molecule has 0 bridgehead atoms. The minimum atomic E-state index is -2.98. The highest BCUT2D eigenvalue weighted by Gasteiger charge is 2.16. The van der Waals surface area contributed by atoms with Crippen molar-refractivity contribution in [3.63, 3.8) is 0 Å². The molecule has 0 radical (unpaired) electrons. The molecule has 0 atom stereocenters. The number of rotatable bonds is 6. The molecule has 1 aromatic carbocycles. The lowest BCUT2D eigenvalue weighted by Gasteiger charge is -2.16. The molecule has 0 saturated heterocycles. The van der Waals surface area contributed by atoms with Crippen LogP contribution in [0.1, 0.15) is 5.56 Å². The van der Waals surface area contributed by atoms with E-state index >= 15 is 0 Å². The predicted molar refractivity (Wildman–Crippen MR) is 62.1 cm³/mol. The molecule has 19 heavy (non-hydrogen) atoms. The van der Waals surface area contributed by atoms with Gasteiger partial charge in [0.1, 0.15) is 12.3 Å². The summed E-state index contributed by atoms with van der Waals surface area (Å²) >= 11 is 0. The molecule has 1 N–H and O–H groups in total. The van der Waals surface area contributed by atoms with E-state index in [0.29, 0.717) is 0 Å². The van der Waals surface area contributed by atoms with E-state index < -0.39 is 25.0 Å². The average molecular weight is 273 g/mol. The van der Waals surface area contributed by atoms with Gasteiger partial charge in [-0.2, -0.15) is 8.78 Å². The maximum Gasteiger partial charge on any atom is 0.387 e.